The van der Waals surface area contributed by atoms with Crippen molar-refractivity contribution in [2.45, 2.75) is 20.4 Å². The molecule has 3 rings (SSSR count). The Hall–Kier alpha value is -2.88. The van der Waals surface area contributed by atoms with Gasteiger partial charge in [-0.15, -0.1) is 0 Å². The summed E-state index contributed by atoms with van der Waals surface area (Å²) in [5.74, 6) is -0.122. The molecule has 0 bridgehead atoms. The third kappa shape index (κ3) is 3.86. The Balaban J connectivity index is 1.67. The molecule has 116 valence electrons. The second kappa shape index (κ2) is 6.48. The molecule has 2 aromatic carbocycles. The van der Waals surface area contributed by atoms with E-state index < -0.39 is 0 Å². The molecule has 4 nitrogen and oxygen atoms in total. The Bertz CT molecular complexity index is 819. The summed E-state index contributed by atoms with van der Waals surface area (Å²) < 4.78 is 1.82. The number of anilines is 1. The van der Waals surface area contributed by atoms with E-state index in [0.29, 0.717) is 17.8 Å². The zero-order valence-electron chi connectivity index (χ0n) is 13.3. The molecule has 0 spiro atoms. The monoisotopic (exact) mass is 305 g/mol. The maximum atomic E-state index is 12.2. The van der Waals surface area contributed by atoms with Crippen molar-refractivity contribution in [3.05, 3.63) is 83.2 Å². The minimum atomic E-state index is -0.122. The van der Waals surface area contributed by atoms with Gasteiger partial charge in [-0.25, -0.2) is 0 Å². The van der Waals surface area contributed by atoms with E-state index in [9.17, 15) is 4.79 Å². The van der Waals surface area contributed by atoms with Crippen LogP contribution in [0.5, 0.6) is 0 Å². The highest BCUT2D eigenvalue weighted by molar-refractivity contribution is 6.04. The third-order valence-electron chi connectivity index (χ3n) is 3.64. The van der Waals surface area contributed by atoms with Gasteiger partial charge in [-0.05, 0) is 31.5 Å². The van der Waals surface area contributed by atoms with E-state index in [1.807, 2.05) is 36.0 Å². The average Bonchev–Trinajstić information content (AvgIpc) is 2.96. The van der Waals surface area contributed by atoms with Crippen molar-refractivity contribution in [2.24, 2.45) is 0 Å². The maximum Gasteiger partial charge on any atom is 0.255 e. The van der Waals surface area contributed by atoms with E-state index in [1.165, 1.54) is 11.1 Å². The first kappa shape index (κ1) is 15.0. The summed E-state index contributed by atoms with van der Waals surface area (Å²) in [4.78, 5) is 12.2. The van der Waals surface area contributed by atoms with E-state index >= 15 is 0 Å². The van der Waals surface area contributed by atoms with Crippen molar-refractivity contribution < 1.29 is 4.79 Å². The van der Waals surface area contributed by atoms with Crippen LogP contribution < -0.4 is 5.32 Å². The van der Waals surface area contributed by atoms with E-state index in [2.05, 4.69) is 41.6 Å². The van der Waals surface area contributed by atoms with Gasteiger partial charge in [-0.1, -0.05) is 47.5 Å². The van der Waals surface area contributed by atoms with E-state index in [4.69, 9.17) is 0 Å². The molecule has 0 radical (unpaired) electrons. The number of aromatic nitrogens is 2. The molecule has 0 aliphatic heterocycles. The van der Waals surface area contributed by atoms with Crippen LogP contribution in [0.2, 0.25) is 0 Å². The maximum absolute atomic E-state index is 12.2. The number of hydrogen-bond donors (Lipinski definition) is 1. The fourth-order valence-corrected chi connectivity index (χ4v) is 2.38. The van der Waals surface area contributed by atoms with Crippen molar-refractivity contribution in [2.75, 3.05) is 5.32 Å². The number of benzene rings is 2. The minimum Gasteiger partial charge on any atom is -0.319 e. The standard InChI is InChI=1S/C19H19N3O/c1-14-6-8-16(9-7-14)12-22-13-18(11-20-22)21-19(23)17-5-3-4-15(2)10-17/h3-11,13H,12H2,1-2H3,(H,21,23). The molecular formula is C19H19N3O. The van der Waals surface area contributed by atoms with Crippen LogP contribution in [0.25, 0.3) is 0 Å². The van der Waals surface area contributed by atoms with E-state index in [1.54, 1.807) is 12.3 Å². The lowest BCUT2D eigenvalue weighted by Gasteiger charge is -2.04. The second-order valence-corrected chi connectivity index (χ2v) is 5.74. The van der Waals surface area contributed by atoms with Gasteiger partial charge in [0.05, 0.1) is 18.4 Å². The molecule has 0 saturated carbocycles. The summed E-state index contributed by atoms with van der Waals surface area (Å²) in [7, 11) is 0. The van der Waals surface area contributed by atoms with Crippen molar-refractivity contribution in [3.8, 4) is 0 Å². The normalized spacial score (nSPS) is 10.5. The predicted molar refractivity (Wildman–Crippen MR) is 91.6 cm³/mol. The van der Waals surface area contributed by atoms with Gasteiger partial charge in [0, 0.05) is 11.8 Å². The molecule has 0 aliphatic rings. The molecule has 4 heteroatoms. The Morgan fingerprint density at radius 1 is 1.09 bits per heavy atom. The molecule has 1 amide bonds. The number of nitrogens with one attached hydrogen (secondary N) is 1. The van der Waals surface area contributed by atoms with Gasteiger partial charge in [0.15, 0.2) is 0 Å². The Morgan fingerprint density at radius 2 is 1.87 bits per heavy atom. The van der Waals surface area contributed by atoms with Gasteiger partial charge in [0.1, 0.15) is 0 Å². The minimum absolute atomic E-state index is 0.122. The molecule has 0 aliphatic carbocycles. The van der Waals surface area contributed by atoms with Crippen molar-refractivity contribution in [1.29, 1.82) is 0 Å². The molecule has 1 heterocycles. The lowest BCUT2D eigenvalue weighted by atomic mass is 10.1. The molecule has 1 aromatic heterocycles. The lowest BCUT2D eigenvalue weighted by Crippen LogP contribution is -2.11. The summed E-state index contributed by atoms with van der Waals surface area (Å²) in [5, 5.41) is 7.18. The van der Waals surface area contributed by atoms with Gasteiger partial charge >= 0.3 is 0 Å². The van der Waals surface area contributed by atoms with Gasteiger partial charge in [0.2, 0.25) is 0 Å². The summed E-state index contributed by atoms with van der Waals surface area (Å²) in [5.41, 5.74) is 4.82. The van der Waals surface area contributed by atoms with Gasteiger partial charge in [-0.2, -0.15) is 5.10 Å². The molecule has 1 N–H and O–H groups in total. The molecule has 0 atom stereocenters. The Kier molecular flexibility index (Phi) is 4.24. The van der Waals surface area contributed by atoms with Crippen LogP contribution in [0.4, 0.5) is 5.69 Å². The lowest BCUT2D eigenvalue weighted by molar-refractivity contribution is 0.102. The van der Waals surface area contributed by atoms with Crippen LogP contribution in [0.3, 0.4) is 0 Å². The van der Waals surface area contributed by atoms with Crippen molar-refractivity contribution in [1.82, 2.24) is 9.78 Å². The smallest absolute Gasteiger partial charge is 0.255 e. The zero-order valence-corrected chi connectivity index (χ0v) is 13.3. The fourth-order valence-electron chi connectivity index (χ4n) is 2.38. The molecular weight excluding hydrogens is 286 g/mol. The highest BCUT2D eigenvalue weighted by Crippen LogP contribution is 2.11. The second-order valence-electron chi connectivity index (χ2n) is 5.74. The van der Waals surface area contributed by atoms with Crippen LogP contribution in [0.15, 0.2) is 60.9 Å². The van der Waals surface area contributed by atoms with Crippen molar-refractivity contribution in [3.63, 3.8) is 0 Å². The number of hydrogen-bond acceptors (Lipinski definition) is 2. The van der Waals surface area contributed by atoms with Gasteiger partial charge in [-0.3, -0.25) is 9.48 Å². The summed E-state index contributed by atoms with van der Waals surface area (Å²) in [6, 6.07) is 15.9. The SMILES string of the molecule is Cc1ccc(Cn2cc(NC(=O)c3cccc(C)c3)cn2)cc1. The number of rotatable bonds is 4. The highest BCUT2D eigenvalue weighted by Gasteiger charge is 2.07. The topological polar surface area (TPSA) is 46.9 Å². The van der Waals surface area contributed by atoms with E-state index in [-0.39, 0.29) is 5.91 Å². The van der Waals surface area contributed by atoms with Crippen LogP contribution in [-0.2, 0) is 6.54 Å². The fraction of sp³-hybridized carbons (Fsp3) is 0.158. The quantitative estimate of drug-likeness (QED) is 0.797. The van der Waals surface area contributed by atoms with Crippen LogP contribution in [0, 0.1) is 13.8 Å². The molecule has 3 aromatic rings. The Labute approximate surface area is 135 Å². The molecule has 23 heavy (non-hydrogen) atoms. The number of aryl methyl sites for hydroxylation is 2. The summed E-state index contributed by atoms with van der Waals surface area (Å²) in [6.45, 7) is 4.72. The van der Waals surface area contributed by atoms with Crippen molar-refractivity contribution >= 4 is 11.6 Å². The summed E-state index contributed by atoms with van der Waals surface area (Å²) >= 11 is 0. The van der Waals surface area contributed by atoms with Crippen LogP contribution >= 0.6 is 0 Å². The first-order valence-corrected chi connectivity index (χ1v) is 7.56. The number of amides is 1. The highest BCUT2D eigenvalue weighted by atomic mass is 16.1. The average molecular weight is 305 g/mol. The van der Waals surface area contributed by atoms with E-state index in [0.717, 1.165) is 5.56 Å². The Morgan fingerprint density at radius 3 is 2.61 bits per heavy atom. The summed E-state index contributed by atoms with van der Waals surface area (Å²) in [6.07, 6.45) is 3.51. The molecule has 0 fully saturated rings. The zero-order chi connectivity index (χ0) is 16.2. The van der Waals surface area contributed by atoms with Crippen LogP contribution in [0.1, 0.15) is 27.0 Å². The van der Waals surface area contributed by atoms with Gasteiger partial charge < -0.3 is 5.32 Å². The largest absolute Gasteiger partial charge is 0.319 e. The number of carbonyl (C=O) groups is 1. The number of nitrogens with zero attached hydrogens (tertiary/aromatic N) is 2. The first-order valence-electron chi connectivity index (χ1n) is 7.56. The number of carbonyl (C=O) groups excluding carboxylic acids is 1. The van der Waals surface area contributed by atoms with Crippen LogP contribution in [-0.4, -0.2) is 15.7 Å². The van der Waals surface area contributed by atoms with Gasteiger partial charge in [0.25, 0.3) is 5.91 Å². The molecule has 0 saturated heterocycles. The predicted octanol–water partition coefficient (Wildman–Crippen LogP) is 3.80. The first-order chi connectivity index (χ1) is 11.1. The molecule has 0 unspecified atom stereocenters. The third-order valence-corrected chi connectivity index (χ3v) is 3.64.